The number of carbonyl (C=O) groups excluding carboxylic acids is 1. The molecule has 0 radical (unpaired) electrons. The lowest BCUT2D eigenvalue weighted by molar-refractivity contribution is 0.102. The van der Waals surface area contributed by atoms with Crippen molar-refractivity contribution in [2.24, 2.45) is 0 Å². The summed E-state index contributed by atoms with van der Waals surface area (Å²) in [7, 11) is 0. The highest BCUT2D eigenvalue weighted by molar-refractivity contribution is 7.18. The first-order chi connectivity index (χ1) is 9.54. The Bertz CT molecular complexity index is 814. The zero-order chi connectivity index (χ0) is 14.3. The highest BCUT2D eigenvalue weighted by Gasteiger charge is 2.16. The van der Waals surface area contributed by atoms with Gasteiger partial charge in [-0.05, 0) is 37.3 Å². The van der Waals surface area contributed by atoms with Crippen molar-refractivity contribution in [3.63, 3.8) is 0 Å². The summed E-state index contributed by atoms with van der Waals surface area (Å²) in [6, 6.07) is 7.14. The molecule has 3 rings (SSSR count). The van der Waals surface area contributed by atoms with E-state index < -0.39 is 5.82 Å². The largest absolute Gasteiger partial charge is 0.285 e. The van der Waals surface area contributed by atoms with Gasteiger partial charge in [-0.15, -0.1) is 11.3 Å². The molecule has 2 heterocycles. The zero-order valence-electron chi connectivity index (χ0n) is 10.4. The molecule has 0 amide bonds. The van der Waals surface area contributed by atoms with Crippen LogP contribution in [0, 0.1) is 12.7 Å². The number of halogens is 2. The van der Waals surface area contributed by atoms with E-state index in [0.717, 1.165) is 10.3 Å². The minimum atomic E-state index is -0.398. The van der Waals surface area contributed by atoms with Crippen molar-refractivity contribution < 1.29 is 9.18 Å². The van der Waals surface area contributed by atoms with Crippen LogP contribution in [0.2, 0.25) is 5.15 Å². The maximum Gasteiger partial charge on any atom is 0.230 e. The summed E-state index contributed by atoms with van der Waals surface area (Å²) in [4.78, 5) is 22.2. The summed E-state index contributed by atoms with van der Waals surface area (Å²) < 4.78 is 12.9. The Morgan fingerprint density at radius 3 is 2.65 bits per heavy atom. The van der Waals surface area contributed by atoms with Crippen molar-refractivity contribution in [2.45, 2.75) is 6.92 Å². The fraction of sp³-hybridized carbons (Fsp3) is 0.0714. The van der Waals surface area contributed by atoms with E-state index >= 15 is 0 Å². The molecule has 6 heteroatoms. The van der Waals surface area contributed by atoms with E-state index in [1.807, 2.05) is 13.0 Å². The lowest BCUT2D eigenvalue weighted by atomic mass is 10.1. The van der Waals surface area contributed by atoms with Gasteiger partial charge in [-0.2, -0.15) is 0 Å². The molecule has 3 aromatic rings. The topological polar surface area (TPSA) is 42.9 Å². The first-order valence-corrected chi connectivity index (χ1v) is 6.98. The molecule has 0 aliphatic rings. The quantitative estimate of drug-likeness (QED) is 0.530. The monoisotopic (exact) mass is 306 g/mol. The average Bonchev–Trinajstić information content (AvgIpc) is 2.80. The zero-order valence-corrected chi connectivity index (χ0v) is 11.9. The van der Waals surface area contributed by atoms with Gasteiger partial charge in [0.1, 0.15) is 15.8 Å². The van der Waals surface area contributed by atoms with Crippen LogP contribution in [-0.4, -0.2) is 15.8 Å². The molecular formula is C14H8ClFN2OS. The van der Waals surface area contributed by atoms with Gasteiger partial charge in [-0.25, -0.2) is 14.4 Å². The number of hydrogen-bond donors (Lipinski definition) is 0. The van der Waals surface area contributed by atoms with Gasteiger partial charge in [-0.3, -0.25) is 4.79 Å². The fourth-order valence-electron chi connectivity index (χ4n) is 1.84. The van der Waals surface area contributed by atoms with Crippen LogP contribution in [0.15, 0.2) is 30.3 Å². The number of benzene rings is 1. The average molecular weight is 307 g/mol. The van der Waals surface area contributed by atoms with Crippen LogP contribution in [0.5, 0.6) is 0 Å². The third kappa shape index (κ3) is 2.30. The van der Waals surface area contributed by atoms with E-state index in [-0.39, 0.29) is 16.8 Å². The number of rotatable bonds is 2. The predicted octanol–water partition coefficient (Wildman–Crippen LogP) is 4.02. The van der Waals surface area contributed by atoms with Crippen molar-refractivity contribution >= 4 is 38.9 Å². The molecule has 0 fully saturated rings. The predicted molar refractivity (Wildman–Crippen MR) is 77.0 cm³/mol. The molecule has 0 N–H and O–H groups in total. The van der Waals surface area contributed by atoms with Gasteiger partial charge in [-0.1, -0.05) is 11.6 Å². The SMILES string of the molecule is Cc1cc2c(Cl)nc(C(=O)c3ccc(F)cc3)nc2s1. The first-order valence-electron chi connectivity index (χ1n) is 5.78. The highest BCUT2D eigenvalue weighted by atomic mass is 35.5. The Hall–Kier alpha value is -1.85. The third-order valence-corrected chi connectivity index (χ3v) is 4.01. The van der Waals surface area contributed by atoms with E-state index in [9.17, 15) is 9.18 Å². The maximum atomic E-state index is 12.9. The van der Waals surface area contributed by atoms with E-state index in [0.29, 0.717) is 10.4 Å². The molecule has 0 spiro atoms. The fourth-order valence-corrected chi connectivity index (χ4v) is 3.00. The van der Waals surface area contributed by atoms with Gasteiger partial charge in [0.15, 0.2) is 0 Å². The Morgan fingerprint density at radius 2 is 1.95 bits per heavy atom. The van der Waals surface area contributed by atoms with Gasteiger partial charge in [0.05, 0.1) is 0 Å². The molecule has 0 bridgehead atoms. The van der Waals surface area contributed by atoms with Gasteiger partial charge < -0.3 is 0 Å². The second-order valence-corrected chi connectivity index (χ2v) is 5.84. The van der Waals surface area contributed by atoms with Gasteiger partial charge in [0.2, 0.25) is 11.6 Å². The summed E-state index contributed by atoms with van der Waals surface area (Å²) in [5, 5.41) is 0.995. The van der Waals surface area contributed by atoms with E-state index in [4.69, 9.17) is 11.6 Å². The van der Waals surface area contributed by atoms with Crippen LogP contribution in [0.25, 0.3) is 10.2 Å². The van der Waals surface area contributed by atoms with Crippen molar-refractivity contribution in [1.29, 1.82) is 0 Å². The third-order valence-electron chi connectivity index (χ3n) is 2.78. The number of aryl methyl sites for hydroxylation is 1. The lowest BCUT2D eigenvalue weighted by Crippen LogP contribution is -2.07. The van der Waals surface area contributed by atoms with Crippen LogP contribution in [0.1, 0.15) is 21.1 Å². The number of carbonyl (C=O) groups is 1. The summed E-state index contributed by atoms with van der Waals surface area (Å²) in [5.41, 5.74) is 0.329. The van der Waals surface area contributed by atoms with Crippen LogP contribution in [-0.2, 0) is 0 Å². The second-order valence-electron chi connectivity index (χ2n) is 4.25. The summed E-state index contributed by atoms with van der Waals surface area (Å²) in [6.45, 7) is 1.93. The summed E-state index contributed by atoms with van der Waals surface area (Å²) in [6.07, 6.45) is 0. The lowest BCUT2D eigenvalue weighted by Gasteiger charge is -2.01. The minimum Gasteiger partial charge on any atom is -0.285 e. The molecule has 3 nitrogen and oxygen atoms in total. The van der Waals surface area contributed by atoms with Crippen LogP contribution in [0.4, 0.5) is 4.39 Å². The molecule has 0 saturated heterocycles. The summed E-state index contributed by atoms with van der Waals surface area (Å²) in [5.74, 6) is -0.749. The first kappa shape index (κ1) is 13.1. The Balaban J connectivity index is 2.09. The molecule has 100 valence electrons. The van der Waals surface area contributed by atoms with Crippen LogP contribution >= 0.6 is 22.9 Å². The number of nitrogens with zero attached hydrogens (tertiary/aromatic N) is 2. The van der Waals surface area contributed by atoms with Crippen molar-refractivity contribution in [3.8, 4) is 0 Å². The Morgan fingerprint density at radius 1 is 1.25 bits per heavy atom. The summed E-state index contributed by atoms with van der Waals surface area (Å²) >= 11 is 7.52. The molecule has 0 unspecified atom stereocenters. The molecule has 2 aromatic heterocycles. The van der Waals surface area contributed by atoms with Crippen LogP contribution in [0.3, 0.4) is 0 Å². The molecule has 20 heavy (non-hydrogen) atoms. The number of fused-ring (bicyclic) bond motifs is 1. The molecular weight excluding hydrogens is 299 g/mol. The highest BCUT2D eigenvalue weighted by Crippen LogP contribution is 2.28. The number of hydrogen-bond acceptors (Lipinski definition) is 4. The minimum absolute atomic E-state index is 0.0240. The van der Waals surface area contributed by atoms with Crippen molar-refractivity contribution in [2.75, 3.05) is 0 Å². The van der Waals surface area contributed by atoms with Crippen molar-refractivity contribution in [3.05, 3.63) is 57.6 Å². The van der Waals surface area contributed by atoms with Gasteiger partial charge >= 0.3 is 0 Å². The molecule has 0 aliphatic heterocycles. The van der Waals surface area contributed by atoms with E-state index in [1.165, 1.54) is 35.6 Å². The van der Waals surface area contributed by atoms with Gasteiger partial charge in [0, 0.05) is 15.8 Å². The standard InChI is InChI=1S/C14H8ClFN2OS/c1-7-6-10-12(15)17-13(18-14(10)20-7)11(19)8-2-4-9(16)5-3-8/h2-6H,1H3. The molecule has 0 atom stereocenters. The van der Waals surface area contributed by atoms with Crippen LogP contribution < -0.4 is 0 Å². The number of ketones is 1. The van der Waals surface area contributed by atoms with Crippen molar-refractivity contribution in [1.82, 2.24) is 9.97 Å². The second kappa shape index (κ2) is 4.92. The molecule has 1 aromatic carbocycles. The maximum absolute atomic E-state index is 12.9. The number of aromatic nitrogens is 2. The van der Waals surface area contributed by atoms with E-state index in [1.54, 1.807) is 0 Å². The van der Waals surface area contributed by atoms with Gasteiger partial charge in [0.25, 0.3) is 0 Å². The van der Waals surface area contributed by atoms with E-state index in [2.05, 4.69) is 9.97 Å². The smallest absolute Gasteiger partial charge is 0.230 e. The number of thiophene rings is 1. The Kier molecular flexibility index (Phi) is 3.23. The Labute approximate surface area is 123 Å². The molecule has 0 aliphatic carbocycles. The normalized spacial score (nSPS) is 10.9. The molecule has 0 saturated carbocycles.